The fourth-order valence-electron chi connectivity index (χ4n) is 5.50. The Morgan fingerprint density at radius 2 is 1.43 bits per heavy atom. The zero-order chi connectivity index (χ0) is 31.8. The summed E-state index contributed by atoms with van der Waals surface area (Å²) in [5, 5.41) is 3.06. The number of nitrogens with zero attached hydrogens (tertiary/aromatic N) is 1. The Morgan fingerprint density at radius 1 is 0.841 bits per heavy atom. The van der Waals surface area contributed by atoms with Gasteiger partial charge in [-0.25, -0.2) is 23.3 Å². The highest BCUT2D eigenvalue weighted by Crippen LogP contribution is 2.44. The van der Waals surface area contributed by atoms with E-state index in [0.29, 0.717) is 10.9 Å². The largest absolute Gasteiger partial charge is 0.458 e. The zero-order valence-corrected chi connectivity index (χ0v) is 25.8. The van der Waals surface area contributed by atoms with E-state index in [4.69, 9.17) is 14.2 Å². The highest BCUT2D eigenvalue weighted by Gasteiger charge is 2.32. The summed E-state index contributed by atoms with van der Waals surface area (Å²) in [5.41, 5.74) is 3.11. The molecule has 5 rings (SSSR count). The number of rotatable bonds is 6. The number of para-hydroxylation sites is 1. The minimum Gasteiger partial charge on any atom is -0.458 e. The summed E-state index contributed by atoms with van der Waals surface area (Å²) >= 11 is 0. The highest BCUT2D eigenvalue weighted by atomic mass is 19.1. The number of fused-ring (bicyclic) bond motifs is 4. The van der Waals surface area contributed by atoms with Crippen molar-refractivity contribution in [1.82, 2.24) is 9.88 Å². The third-order valence-corrected chi connectivity index (χ3v) is 7.20. The van der Waals surface area contributed by atoms with Gasteiger partial charge < -0.3 is 19.5 Å². The second kappa shape index (κ2) is 11.8. The van der Waals surface area contributed by atoms with Crippen LogP contribution in [0.5, 0.6) is 0 Å². The van der Waals surface area contributed by atoms with E-state index in [1.165, 1.54) is 18.3 Å². The van der Waals surface area contributed by atoms with Crippen LogP contribution in [0, 0.1) is 5.82 Å². The van der Waals surface area contributed by atoms with E-state index in [-0.39, 0.29) is 24.5 Å². The number of esters is 1. The van der Waals surface area contributed by atoms with Crippen LogP contribution >= 0.6 is 0 Å². The van der Waals surface area contributed by atoms with Gasteiger partial charge in [0.25, 0.3) is 0 Å². The fraction of sp³-hybridized carbons (Fsp3) is 0.343. The summed E-state index contributed by atoms with van der Waals surface area (Å²) in [7, 11) is 0. The van der Waals surface area contributed by atoms with Gasteiger partial charge in [0.2, 0.25) is 0 Å². The smallest absolute Gasteiger partial charge is 0.419 e. The Balaban J connectivity index is 1.40. The van der Waals surface area contributed by atoms with Crippen molar-refractivity contribution in [2.24, 2.45) is 0 Å². The second-order valence-electron chi connectivity index (χ2n) is 12.9. The lowest BCUT2D eigenvalue weighted by Crippen LogP contribution is -2.46. The summed E-state index contributed by atoms with van der Waals surface area (Å²) in [6.45, 7) is 10.4. The van der Waals surface area contributed by atoms with E-state index in [1.54, 1.807) is 47.6 Å². The van der Waals surface area contributed by atoms with Gasteiger partial charge in [-0.15, -0.1) is 0 Å². The van der Waals surface area contributed by atoms with Gasteiger partial charge in [-0.1, -0.05) is 60.7 Å². The normalized spacial score (nSPS) is 13.6. The van der Waals surface area contributed by atoms with Gasteiger partial charge in [-0.2, -0.15) is 0 Å². The molecule has 1 aliphatic carbocycles. The van der Waals surface area contributed by atoms with Crippen molar-refractivity contribution in [2.45, 2.75) is 71.1 Å². The number of carbonyl (C=O) groups excluding carboxylic acids is 3. The Labute approximate surface area is 256 Å². The molecule has 0 spiro atoms. The van der Waals surface area contributed by atoms with E-state index >= 15 is 4.39 Å². The third kappa shape index (κ3) is 6.61. The number of hydrogen-bond donors (Lipinski definition) is 1. The molecular weight excluding hydrogens is 563 g/mol. The first-order chi connectivity index (χ1) is 20.7. The molecule has 0 aliphatic heterocycles. The van der Waals surface area contributed by atoms with Crippen LogP contribution in [0.1, 0.15) is 64.2 Å². The van der Waals surface area contributed by atoms with Gasteiger partial charge in [0, 0.05) is 23.9 Å². The SMILES string of the molecule is CC(C)(C)OC(=O)C(Cc1cn(C(=O)OC(C)(C)C)c2c(F)cccc12)NC(=O)OCC1c2ccccc2-c2ccccc21. The minimum absolute atomic E-state index is 0.0147. The molecule has 0 fully saturated rings. The molecular formula is C35H37FN2O6. The molecule has 1 aliphatic rings. The van der Waals surface area contributed by atoms with E-state index in [0.717, 1.165) is 26.8 Å². The van der Waals surface area contributed by atoms with Crippen molar-refractivity contribution in [3.8, 4) is 11.1 Å². The molecule has 1 amide bonds. The minimum atomic E-state index is -1.19. The van der Waals surface area contributed by atoms with E-state index in [2.05, 4.69) is 5.32 Å². The number of alkyl carbamates (subject to hydrolysis) is 1. The first-order valence-corrected chi connectivity index (χ1v) is 14.6. The van der Waals surface area contributed by atoms with Crippen LogP contribution in [0.4, 0.5) is 14.0 Å². The number of carbonyl (C=O) groups is 3. The van der Waals surface area contributed by atoms with Crippen molar-refractivity contribution >= 4 is 29.1 Å². The molecule has 9 heteroatoms. The molecule has 0 radical (unpaired) electrons. The van der Waals surface area contributed by atoms with E-state index in [9.17, 15) is 14.4 Å². The number of nitrogens with one attached hydrogen (secondary N) is 1. The van der Waals surface area contributed by atoms with Crippen LogP contribution in [0.3, 0.4) is 0 Å². The molecule has 1 atom stereocenters. The van der Waals surface area contributed by atoms with E-state index in [1.807, 2.05) is 48.5 Å². The third-order valence-electron chi connectivity index (χ3n) is 7.20. The van der Waals surface area contributed by atoms with Crippen molar-refractivity contribution in [3.63, 3.8) is 0 Å². The van der Waals surface area contributed by atoms with Crippen LogP contribution in [0.15, 0.2) is 72.9 Å². The quantitative estimate of drug-likeness (QED) is 0.184. The van der Waals surface area contributed by atoms with Gasteiger partial charge >= 0.3 is 18.2 Å². The Kier molecular flexibility index (Phi) is 8.25. The van der Waals surface area contributed by atoms with Gasteiger partial charge in [0.05, 0.1) is 5.52 Å². The molecule has 0 saturated heterocycles. The topological polar surface area (TPSA) is 95.9 Å². The molecule has 1 heterocycles. The Morgan fingerprint density at radius 3 is 2.02 bits per heavy atom. The molecule has 8 nitrogen and oxygen atoms in total. The fourth-order valence-corrected chi connectivity index (χ4v) is 5.50. The molecule has 0 bridgehead atoms. The van der Waals surface area contributed by atoms with Crippen molar-refractivity contribution in [1.29, 1.82) is 0 Å². The standard InChI is InChI=1S/C35H37FN2O6/c1-34(2,3)43-31(39)29(18-21-19-38(33(41)44-35(4,5)6)30-22(21)16-11-17-28(30)36)37-32(40)42-20-27-25-14-9-7-12-23(25)24-13-8-10-15-26(24)27/h7-17,19,27,29H,18,20H2,1-6H3,(H,37,40). The maximum Gasteiger partial charge on any atom is 0.419 e. The lowest BCUT2D eigenvalue weighted by atomic mass is 9.98. The number of halogens is 1. The summed E-state index contributed by atoms with van der Waals surface area (Å²) in [5.74, 6) is -1.48. The van der Waals surface area contributed by atoms with Crippen LogP contribution in [0.25, 0.3) is 22.0 Å². The molecule has 4 aromatic rings. The van der Waals surface area contributed by atoms with Crippen LogP contribution in [-0.2, 0) is 25.4 Å². The summed E-state index contributed by atoms with van der Waals surface area (Å²) in [6.07, 6.45) is -0.227. The Bertz CT molecular complexity index is 1680. The number of benzene rings is 3. The lowest BCUT2D eigenvalue weighted by Gasteiger charge is -2.24. The molecule has 0 saturated carbocycles. The second-order valence-corrected chi connectivity index (χ2v) is 12.9. The molecule has 1 aromatic heterocycles. The zero-order valence-electron chi connectivity index (χ0n) is 25.8. The van der Waals surface area contributed by atoms with Gasteiger partial charge in [-0.05, 0) is 75.4 Å². The van der Waals surface area contributed by atoms with Gasteiger partial charge in [-0.3, -0.25) is 0 Å². The monoisotopic (exact) mass is 600 g/mol. The maximum atomic E-state index is 15.0. The average molecular weight is 601 g/mol. The van der Waals surface area contributed by atoms with Gasteiger partial charge in [0.15, 0.2) is 0 Å². The van der Waals surface area contributed by atoms with Crippen LogP contribution in [0.2, 0.25) is 0 Å². The van der Waals surface area contributed by atoms with E-state index < -0.39 is 41.2 Å². The van der Waals surface area contributed by atoms with Crippen LogP contribution in [-0.4, -0.2) is 46.6 Å². The first-order valence-electron chi connectivity index (χ1n) is 14.6. The molecule has 3 aromatic carbocycles. The van der Waals surface area contributed by atoms with Crippen LogP contribution < -0.4 is 5.32 Å². The van der Waals surface area contributed by atoms with Crippen molar-refractivity contribution < 1.29 is 33.0 Å². The highest BCUT2D eigenvalue weighted by molar-refractivity contribution is 5.93. The van der Waals surface area contributed by atoms with Crippen molar-refractivity contribution in [3.05, 3.63) is 95.4 Å². The maximum absolute atomic E-state index is 15.0. The Hall–Kier alpha value is -4.66. The predicted molar refractivity (Wildman–Crippen MR) is 165 cm³/mol. The number of hydrogen-bond acceptors (Lipinski definition) is 6. The number of ether oxygens (including phenoxy) is 3. The summed E-state index contributed by atoms with van der Waals surface area (Å²) in [4.78, 5) is 39.6. The predicted octanol–water partition coefficient (Wildman–Crippen LogP) is 7.36. The average Bonchev–Trinajstić information content (AvgIpc) is 3.46. The number of aromatic nitrogens is 1. The van der Waals surface area contributed by atoms with Gasteiger partial charge in [0.1, 0.15) is 29.7 Å². The summed E-state index contributed by atoms with van der Waals surface area (Å²) in [6, 6.07) is 19.2. The molecule has 230 valence electrons. The number of amides is 1. The molecule has 1 unspecified atom stereocenters. The lowest BCUT2D eigenvalue weighted by molar-refractivity contribution is -0.157. The molecule has 44 heavy (non-hydrogen) atoms. The molecule has 1 N–H and O–H groups in total. The summed E-state index contributed by atoms with van der Waals surface area (Å²) < 4.78 is 32.9. The first kappa shape index (κ1) is 30.8. The van der Waals surface area contributed by atoms with Crippen molar-refractivity contribution in [2.75, 3.05) is 6.61 Å².